The molecule has 0 bridgehead atoms. The van der Waals surface area contributed by atoms with Gasteiger partial charge in [0.15, 0.2) is 8.32 Å². The SMILES string of the molecule is CC(C)Nc1nc(Cl)ccc1C(=O)N[C@@H]1CC[C@@H](CO[Si](C)(C)C(C)(C)C)OC1. The Labute approximate surface area is 181 Å². The minimum atomic E-state index is -1.78. The third-order valence-corrected chi connectivity index (χ3v) is 10.4. The largest absolute Gasteiger partial charge is 0.414 e. The molecule has 1 aromatic rings. The Morgan fingerprint density at radius 2 is 2.03 bits per heavy atom. The molecule has 0 radical (unpaired) electrons. The van der Waals surface area contributed by atoms with Gasteiger partial charge < -0.3 is 19.8 Å². The second-order valence-electron chi connectivity index (χ2n) is 9.60. The van der Waals surface area contributed by atoms with Crippen molar-refractivity contribution in [3.05, 3.63) is 22.8 Å². The summed E-state index contributed by atoms with van der Waals surface area (Å²) in [7, 11) is -1.78. The molecule has 1 aromatic heterocycles. The summed E-state index contributed by atoms with van der Waals surface area (Å²) in [5, 5.41) is 6.79. The van der Waals surface area contributed by atoms with Gasteiger partial charge in [-0.15, -0.1) is 0 Å². The number of pyridine rings is 1. The number of halogens is 1. The Balaban J connectivity index is 1.88. The number of amides is 1. The molecule has 2 atom stereocenters. The highest BCUT2D eigenvalue weighted by molar-refractivity contribution is 6.74. The van der Waals surface area contributed by atoms with Crippen LogP contribution in [0.15, 0.2) is 12.1 Å². The first kappa shape index (κ1) is 24.1. The molecule has 0 aliphatic carbocycles. The number of ether oxygens (including phenoxy) is 1. The molecule has 29 heavy (non-hydrogen) atoms. The highest BCUT2D eigenvalue weighted by Gasteiger charge is 2.38. The average Bonchev–Trinajstić information content (AvgIpc) is 2.59. The molecule has 1 amide bonds. The van der Waals surface area contributed by atoms with Crippen molar-refractivity contribution in [2.24, 2.45) is 0 Å². The van der Waals surface area contributed by atoms with E-state index in [2.05, 4.69) is 49.5 Å². The summed E-state index contributed by atoms with van der Waals surface area (Å²) >= 11 is 5.99. The fourth-order valence-electron chi connectivity index (χ4n) is 2.83. The van der Waals surface area contributed by atoms with Gasteiger partial charge in [0.1, 0.15) is 11.0 Å². The van der Waals surface area contributed by atoms with E-state index in [1.807, 2.05) is 13.8 Å². The Morgan fingerprint density at radius 3 is 2.59 bits per heavy atom. The summed E-state index contributed by atoms with van der Waals surface area (Å²) < 4.78 is 12.3. The molecule has 1 saturated heterocycles. The molecular formula is C21H36ClN3O3Si. The molecule has 0 spiro atoms. The van der Waals surface area contributed by atoms with Gasteiger partial charge >= 0.3 is 0 Å². The van der Waals surface area contributed by atoms with Gasteiger partial charge in [-0.3, -0.25) is 4.79 Å². The van der Waals surface area contributed by atoms with Gasteiger partial charge in [-0.05, 0) is 57.0 Å². The second kappa shape index (κ2) is 9.77. The number of carbonyl (C=O) groups excluding carboxylic acids is 1. The maximum absolute atomic E-state index is 12.8. The van der Waals surface area contributed by atoms with Crippen molar-refractivity contribution in [1.29, 1.82) is 0 Å². The fraction of sp³-hybridized carbons (Fsp3) is 0.714. The molecule has 0 aromatic carbocycles. The van der Waals surface area contributed by atoms with Crippen molar-refractivity contribution >= 4 is 31.6 Å². The fourth-order valence-corrected chi connectivity index (χ4v) is 4.02. The summed E-state index contributed by atoms with van der Waals surface area (Å²) in [5.74, 6) is 0.337. The van der Waals surface area contributed by atoms with Crippen LogP contribution < -0.4 is 10.6 Å². The third-order valence-electron chi connectivity index (χ3n) is 5.67. The molecule has 2 heterocycles. The van der Waals surface area contributed by atoms with Crippen LogP contribution in [0.1, 0.15) is 57.8 Å². The molecule has 6 nitrogen and oxygen atoms in total. The van der Waals surface area contributed by atoms with Crippen molar-refractivity contribution in [2.75, 3.05) is 18.5 Å². The lowest BCUT2D eigenvalue weighted by Crippen LogP contribution is -2.46. The predicted molar refractivity (Wildman–Crippen MR) is 121 cm³/mol. The molecule has 164 valence electrons. The van der Waals surface area contributed by atoms with E-state index in [4.69, 9.17) is 20.8 Å². The Hall–Kier alpha value is -1.15. The second-order valence-corrected chi connectivity index (χ2v) is 14.8. The van der Waals surface area contributed by atoms with Gasteiger partial charge in [0.2, 0.25) is 0 Å². The van der Waals surface area contributed by atoms with Crippen LogP contribution in [0.25, 0.3) is 0 Å². The summed E-state index contributed by atoms with van der Waals surface area (Å²) in [5.41, 5.74) is 0.492. The van der Waals surface area contributed by atoms with E-state index in [-0.39, 0.29) is 29.1 Å². The monoisotopic (exact) mass is 441 g/mol. The summed E-state index contributed by atoms with van der Waals surface area (Å²) in [4.78, 5) is 17.0. The molecule has 2 N–H and O–H groups in total. The molecule has 8 heteroatoms. The number of rotatable bonds is 7. The van der Waals surface area contributed by atoms with Gasteiger partial charge in [-0.2, -0.15) is 0 Å². The smallest absolute Gasteiger partial charge is 0.255 e. The normalized spacial score (nSPS) is 20.6. The zero-order chi connectivity index (χ0) is 21.8. The first-order chi connectivity index (χ1) is 13.4. The molecular weight excluding hydrogens is 406 g/mol. The molecule has 2 rings (SSSR count). The van der Waals surface area contributed by atoms with Crippen LogP contribution in [0.3, 0.4) is 0 Å². The zero-order valence-electron chi connectivity index (χ0n) is 18.8. The maximum atomic E-state index is 12.8. The topological polar surface area (TPSA) is 72.5 Å². The Kier molecular flexibility index (Phi) is 8.13. The molecule has 1 aliphatic rings. The van der Waals surface area contributed by atoms with E-state index in [1.165, 1.54) is 0 Å². The van der Waals surface area contributed by atoms with E-state index >= 15 is 0 Å². The number of nitrogens with one attached hydrogen (secondary N) is 2. The van der Waals surface area contributed by atoms with Crippen LogP contribution in [0.4, 0.5) is 5.82 Å². The minimum Gasteiger partial charge on any atom is -0.414 e. The van der Waals surface area contributed by atoms with Crippen LogP contribution in [-0.4, -0.2) is 50.6 Å². The lowest BCUT2D eigenvalue weighted by atomic mass is 10.0. The van der Waals surface area contributed by atoms with Crippen molar-refractivity contribution in [3.63, 3.8) is 0 Å². The van der Waals surface area contributed by atoms with Gasteiger partial charge in [-0.25, -0.2) is 4.98 Å². The number of carbonyl (C=O) groups is 1. The van der Waals surface area contributed by atoms with Crippen molar-refractivity contribution in [1.82, 2.24) is 10.3 Å². The van der Waals surface area contributed by atoms with Crippen LogP contribution in [-0.2, 0) is 9.16 Å². The Morgan fingerprint density at radius 1 is 1.34 bits per heavy atom. The number of hydrogen-bond acceptors (Lipinski definition) is 5. The first-order valence-corrected chi connectivity index (χ1v) is 13.7. The van der Waals surface area contributed by atoms with E-state index in [1.54, 1.807) is 12.1 Å². The van der Waals surface area contributed by atoms with Gasteiger partial charge in [0.25, 0.3) is 5.91 Å². The highest BCUT2D eigenvalue weighted by Crippen LogP contribution is 2.36. The van der Waals surface area contributed by atoms with Crippen LogP contribution >= 0.6 is 11.6 Å². The molecule has 0 saturated carbocycles. The predicted octanol–water partition coefficient (Wildman–Crippen LogP) is 4.85. The minimum absolute atomic E-state index is 0.0193. The van der Waals surface area contributed by atoms with E-state index < -0.39 is 8.32 Å². The van der Waals surface area contributed by atoms with Gasteiger partial charge in [-0.1, -0.05) is 32.4 Å². The first-order valence-electron chi connectivity index (χ1n) is 10.4. The maximum Gasteiger partial charge on any atom is 0.255 e. The lowest BCUT2D eigenvalue weighted by Gasteiger charge is -2.38. The standard InChI is InChI=1S/C21H36ClN3O3Si/c1-14(2)23-19-17(10-11-18(22)25-19)20(26)24-15-8-9-16(27-12-15)13-28-29(6,7)21(3,4)5/h10-11,14-16H,8-9,12-13H2,1-7H3,(H,23,25)(H,24,26)/t15-,16+/m1/s1. The zero-order valence-corrected chi connectivity index (χ0v) is 20.5. The number of nitrogens with zero attached hydrogens (tertiary/aromatic N) is 1. The summed E-state index contributed by atoms with van der Waals surface area (Å²) in [6.45, 7) is 16.3. The van der Waals surface area contributed by atoms with Crippen LogP contribution in [0, 0.1) is 0 Å². The number of hydrogen-bond donors (Lipinski definition) is 2. The van der Waals surface area contributed by atoms with Gasteiger partial charge in [0, 0.05) is 6.04 Å². The van der Waals surface area contributed by atoms with Gasteiger partial charge in [0.05, 0.1) is 30.9 Å². The number of aromatic nitrogens is 1. The van der Waals surface area contributed by atoms with E-state index in [0.29, 0.717) is 29.7 Å². The summed E-state index contributed by atoms with van der Waals surface area (Å²) in [6, 6.07) is 3.46. The third kappa shape index (κ3) is 6.95. The Bertz CT molecular complexity index is 699. The van der Waals surface area contributed by atoms with Crippen molar-refractivity contribution < 1.29 is 14.0 Å². The lowest BCUT2D eigenvalue weighted by molar-refractivity contribution is -0.0276. The van der Waals surface area contributed by atoms with E-state index in [9.17, 15) is 4.79 Å². The molecule has 1 aliphatic heterocycles. The van der Waals surface area contributed by atoms with Crippen molar-refractivity contribution in [2.45, 2.75) is 83.8 Å². The van der Waals surface area contributed by atoms with Crippen molar-refractivity contribution in [3.8, 4) is 0 Å². The van der Waals surface area contributed by atoms with Crippen LogP contribution in [0.5, 0.6) is 0 Å². The highest BCUT2D eigenvalue weighted by atomic mass is 35.5. The summed E-state index contributed by atoms with van der Waals surface area (Å²) in [6.07, 6.45) is 1.83. The van der Waals surface area contributed by atoms with E-state index in [0.717, 1.165) is 12.8 Å². The molecule has 1 fully saturated rings. The van der Waals surface area contributed by atoms with Crippen LogP contribution in [0.2, 0.25) is 23.3 Å². The molecule has 0 unspecified atom stereocenters. The quantitative estimate of drug-likeness (QED) is 0.467. The number of anilines is 1. The average molecular weight is 442 g/mol.